The monoisotopic (exact) mass is 423 g/mol. The normalized spacial score (nSPS) is 15.0. The molecular formula is C23H33N7O. The third-order valence-corrected chi connectivity index (χ3v) is 5.83. The Kier molecular flexibility index (Phi) is 7.48. The molecule has 1 aromatic carbocycles. The highest BCUT2D eigenvalue weighted by atomic mass is 16.1. The van der Waals surface area contributed by atoms with Crippen molar-refractivity contribution >= 4 is 11.0 Å². The minimum atomic E-state index is -0.275. The number of fused-ring (bicyclic) bond motifs is 1. The summed E-state index contributed by atoms with van der Waals surface area (Å²) in [6.07, 6.45) is 6.08. The Hall–Kier alpha value is -2.52. The van der Waals surface area contributed by atoms with Crippen LogP contribution in [0.4, 0.5) is 0 Å². The van der Waals surface area contributed by atoms with Crippen LogP contribution in [0, 0.1) is 0 Å². The molecule has 0 bridgehead atoms. The van der Waals surface area contributed by atoms with Crippen molar-refractivity contribution in [1.82, 2.24) is 30.5 Å². The lowest BCUT2D eigenvalue weighted by molar-refractivity contribution is 0.389. The number of rotatable bonds is 10. The second-order valence-electron chi connectivity index (χ2n) is 8.21. The Morgan fingerprint density at radius 1 is 1.16 bits per heavy atom. The molecule has 0 spiro atoms. The molecule has 1 aliphatic heterocycles. The van der Waals surface area contributed by atoms with E-state index in [-0.39, 0.29) is 5.69 Å². The van der Waals surface area contributed by atoms with Crippen LogP contribution in [0.15, 0.2) is 41.3 Å². The largest absolute Gasteiger partial charge is 0.354 e. The molecule has 3 aromatic rings. The summed E-state index contributed by atoms with van der Waals surface area (Å²) < 4.78 is 1.61. The van der Waals surface area contributed by atoms with Gasteiger partial charge in [0, 0.05) is 42.8 Å². The van der Waals surface area contributed by atoms with E-state index >= 15 is 0 Å². The van der Waals surface area contributed by atoms with E-state index in [0.717, 1.165) is 62.3 Å². The van der Waals surface area contributed by atoms with Crippen LogP contribution in [0.1, 0.15) is 30.5 Å². The van der Waals surface area contributed by atoms with Gasteiger partial charge in [0.05, 0.1) is 5.69 Å². The quantitative estimate of drug-likeness (QED) is 0.312. The van der Waals surface area contributed by atoms with Crippen molar-refractivity contribution in [2.45, 2.75) is 38.3 Å². The molecule has 3 heterocycles. The van der Waals surface area contributed by atoms with Crippen LogP contribution in [-0.4, -0.2) is 53.3 Å². The van der Waals surface area contributed by atoms with Gasteiger partial charge in [-0.2, -0.15) is 4.98 Å². The summed E-state index contributed by atoms with van der Waals surface area (Å²) in [4.78, 5) is 20.1. The maximum Gasteiger partial charge on any atom is 0.354 e. The van der Waals surface area contributed by atoms with Crippen LogP contribution >= 0.6 is 0 Å². The van der Waals surface area contributed by atoms with Crippen LogP contribution in [0.5, 0.6) is 0 Å². The number of nitrogens with one attached hydrogen (secondary N) is 4. The molecule has 2 aromatic heterocycles. The van der Waals surface area contributed by atoms with Crippen molar-refractivity contribution in [2.24, 2.45) is 5.73 Å². The van der Waals surface area contributed by atoms with Crippen LogP contribution in [0.3, 0.4) is 0 Å². The molecular weight excluding hydrogens is 390 g/mol. The molecule has 6 N–H and O–H groups in total. The molecule has 8 nitrogen and oxygen atoms in total. The first-order valence-electron chi connectivity index (χ1n) is 11.3. The average Bonchev–Trinajstić information content (AvgIpc) is 3.19. The molecule has 4 rings (SSSR count). The average molecular weight is 424 g/mol. The van der Waals surface area contributed by atoms with Crippen LogP contribution in [0.2, 0.25) is 0 Å². The van der Waals surface area contributed by atoms with Gasteiger partial charge in [0.2, 0.25) is 0 Å². The van der Waals surface area contributed by atoms with Gasteiger partial charge < -0.3 is 26.7 Å². The topological polar surface area (TPSA) is 113 Å². The van der Waals surface area contributed by atoms with E-state index in [1.54, 1.807) is 4.57 Å². The van der Waals surface area contributed by atoms with Gasteiger partial charge in [-0.05, 0) is 69.2 Å². The minimum absolute atomic E-state index is 0.275. The predicted octanol–water partition coefficient (Wildman–Crippen LogP) is 1.04. The number of aromatic amines is 1. The number of aromatic nitrogens is 3. The Balaban J connectivity index is 1.40. The van der Waals surface area contributed by atoms with Gasteiger partial charge >= 0.3 is 5.69 Å². The molecule has 0 radical (unpaired) electrons. The van der Waals surface area contributed by atoms with Gasteiger partial charge in [0.1, 0.15) is 5.65 Å². The van der Waals surface area contributed by atoms with Crippen molar-refractivity contribution < 1.29 is 0 Å². The van der Waals surface area contributed by atoms with E-state index < -0.39 is 0 Å². The zero-order chi connectivity index (χ0) is 21.5. The third kappa shape index (κ3) is 5.80. The highest BCUT2D eigenvalue weighted by Gasteiger charge is 2.12. The molecule has 8 heteroatoms. The standard InChI is InChI=1S/C23H33N7O/c24-9-1-10-26-15-17-2-4-21(5-3-17)30-16-18-14-20(28-22(18)29-23(30)31)8-13-27-19-6-11-25-12-7-19/h2-5,14,16,19,25-27H,1,6-13,15,24H2,(H,28,29,31). The van der Waals surface area contributed by atoms with Gasteiger partial charge in [-0.15, -0.1) is 0 Å². The zero-order valence-electron chi connectivity index (χ0n) is 18.0. The maximum atomic E-state index is 12.6. The minimum Gasteiger partial charge on any atom is -0.343 e. The molecule has 0 aliphatic carbocycles. The molecule has 0 unspecified atom stereocenters. The summed E-state index contributed by atoms with van der Waals surface area (Å²) in [5.74, 6) is 0. The van der Waals surface area contributed by atoms with Crippen molar-refractivity contribution in [3.05, 3.63) is 58.3 Å². The number of piperidine rings is 1. The lowest BCUT2D eigenvalue weighted by atomic mass is 10.1. The molecule has 166 valence electrons. The van der Waals surface area contributed by atoms with Crippen molar-refractivity contribution in [1.29, 1.82) is 0 Å². The Labute approximate surface area is 182 Å². The summed E-state index contributed by atoms with van der Waals surface area (Å²) >= 11 is 0. The second-order valence-corrected chi connectivity index (χ2v) is 8.21. The van der Waals surface area contributed by atoms with Crippen LogP contribution in [0.25, 0.3) is 16.7 Å². The number of hydrogen-bond donors (Lipinski definition) is 5. The molecule has 0 atom stereocenters. The summed E-state index contributed by atoms with van der Waals surface area (Å²) in [5, 5.41) is 11.3. The number of hydrogen-bond acceptors (Lipinski definition) is 6. The van der Waals surface area contributed by atoms with Crippen molar-refractivity contribution in [2.75, 3.05) is 32.7 Å². The summed E-state index contributed by atoms with van der Waals surface area (Å²) in [7, 11) is 0. The van der Waals surface area contributed by atoms with Gasteiger partial charge in [-0.3, -0.25) is 4.57 Å². The summed E-state index contributed by atoms with van der Waals surface area (Å²) in [6.45, 7) is 5.49. The lowest BCUT2D eigenvalue weighted by Crippen LogP contribution is -2.40. The Bertz CT molecular complexity index is 1020. The van der Waals surface area contributed by atoms with E-state index in [0.29, 0.717) is 18.2 Å². The number of benzene rings is 1. The smallest absolute Gasteiger partial charge is 0.343 e. The van der Waals surface area contributed by atoms with E-state index in [1.807, 2.05) is 30.5 Å². The van der Waals surface area contributed by atoms with E-state index in [9.17, 15) is 4.79 Å². The van der Waals surface area contributed by atoms with E-state index in [2.05, 4.69) is 32.0 Å². The Morgan fingerprint density at radius 3 is 2.74 bits per heavy atom. The van der Waals surface area contributed by atoms with Crippen LogP contribution in [-0.2, 0) is 13.0 Å². The fraction of sp³-hybridized carbons (Fsp3) is 0.478. The number of nitrogens with zero attached hydrogens (tertiary/aromatic N) is 2. The summed E-state index contributed by atoms with van der Waals surface area (Å²) in [6, 6.07) is 10.7. The predicted molar refractivity (Wildman–Crippen MR) is 125 cm³/mol. The van der Waals surface area contributed by atoms with Crippen molar-refractivity contribution in [3.63, 3.8) is 0 Å². The maximum absolute atomic E-state index is 12.6. The second kappa shape index (κ2) is 10.7. The first-order valence-corrected chi connectivity index (χ1v) is 11.3. The first-order chi connectivity index (χ1) is 15.2. The van der Waals surface area contributed by atoms with Gasteiger partial charge in [0.15, 0.2) is 0 Å². The molecule has 0 amide bonds. The summed E-state index contributed by atoms with van der Waals surface area (Å²) in [5.41, 5.74) is 8.98. The molecule has 31 heavy (non-hydrogen) atoms. The number of H-pyrrole nitrogens is 1. The lowest BCUT2D eigenvalue weighted by Gasteiger charge is -2.23. The molecule has 0 saturated carbocycles. The first kappa shape index (κ1) is 21.7. The third-order valence-electron chi connectivity index (χ3n) is 5.83. The van der Waals surface area contributed by atoms with Crippen molar-refractivity contribution in [3.8, 4) is 5.69 Å². The van der Waals surface area contributed by atoms with E-state index in [4.69, 9.17) is 5.73 Å². The van der Waals surface area contributed by atoms with Gasteiger partial charge in [-0.25, -0.2) is 4.79 Å². The Morgan fingerprint density at radius 2 is 1.97 bits per heavy atom. The SMILES string of the molecule is NCCCNCc1ccc(-n2cc3cc(CCNC4CCNCC4)[nH]c3nc2=O)cc1. The molecule has 1 saturated heterocycles. The molecule has 1 fully saturated rings. The fourth-order valence-corrected chi connectivity index (χ4v) is 4.04. The number of nitrogens with two attached hydrogens (primary N) is 1. The van der Waals surface area contributed by atoms with E-state index in [1.165, 1.54) is 18.4 Å². The molecule has 1 aliphatic rings. The highest BCUT2D eigenvalue weighted by molar-refractivity contribution is 5.75. The highest BCUT2D eigenvalue weighted by Crippen LogP contribution is 2.15. The fourth-order valence-electron chi connectivity index (χ4n) is 4.04. The van der Waals surface area contributed by atoms with Crippen LogP contribution < -0.4 is 27.4 Å². The zero-order valence-corrected chi connectivity index (χ0v) is 18.0. The van der Waals surface area contributed by atoms with Gasteiger partial charge in [0.25, 0.3) is 0 Å². The van der Waals surface area contributed by atoms with Gasteiger partial charge in [-0.1, -0.05) is 12.1 Å².